The Hall–Kier alpha value is -3.22. The van der Waals surface area contributed by atoms with E-state index in [0.717, 1.165) is 49.9 Å². The van der Waals surface area contributed by atoms with Crippen molar-refractivity contribution in [1.29, 1.82) is 0 Å². The summed E-state index contributed by atoms with van der Waals surface area (Å²) in [6, 6.07) is 20.0. The quantitative estimate of drug-likeness (QED) is 0.415. The van der Waals surface area contributed by atoms with Crippen LogP contribution in [0.3, 0.4) is 0 Å². The molecular weight excluding hydrogens is 446 g/mol. The highest BCUT2D eigenvalue weighted by atomic mass is 35.5. The lowest BCUT2D eigenvalue weighted by Crippen LogP contribution is -2.47. The van der Waals surface area contributed by atoms with Gasteiger partial charge in [0.15, 0.2) is 5.65 Å². The summed E-state index contributed by atoms with van der Waals surface area (Å²) in [7, 11) is 0. The molecule has 0 radical (unpaired) electrons. The monoisotopic (exact) mass is 473 g/mol. The number of amides is 1. The second-order valence-corrected chi connectivity index (χ2v) is 9.15. The van der Waals surface area contributed by atoms with Crippen molar-refractivity contribution in [2.24, 2.45) is 0 Å². The fourth-order valence-corrected chi connectivity index (χ4v) is 4.85. The second-order valence-electron chi connectivity index (χ2n) is 8.72. The van der Waals surface area contributed by atoms with Gasteiger partial charge in [0.1, 0.15) is 5.69 Å². The highest BCUT2D eigenvalue weighted by Crippen LogP contribution is 2.26. The molecule has 1 N–H and O–H groups in total. The lowest BCUT2D eigenvalue weighted by atomic mass is 10.0. The zero-order valence-electron chi connectivity index (χ0n) is 19.0. The van der Waals surface area contributed by atoms with Crippen molar-refractivity contribution in [3.63, 3.8) is 0 Å². The van der Waals surface area contributed by atoms with E-state index in [1.54, 1.807) is 16.8 Å². The first kappa shape index (κ1) is 22.6. The summed E-state index contributed by atoms with van der Waals surface area (Å²) in [6.45, 7) is 2.58. The van der Waals surface area contributed by atoms with E-state index >= 15 is 0 Å². The molecule has 3 heterocycles. The summed E-state index contributed by atoms with van der Waals surface area (Å²) in [5.74, 6) is -0.0132. The molecule has 1 aliphatic rings. The van der Waals surface area contributed by atoms with E-state index in [9.17, 15) is 4.79 Å². The number of nitrogens with one attached hydrogen (secondary N) is 1. The molecule has 0 aliphatic carbocycles. The maximum absolute atomic E-state index is 13.7. The Balaban J connectivity index is 1.41. The normalized spacial score (nSPS) is 14.4. The molecule has 1 saturated heterocycles. The van der Waals surface area contributed by atoms with Crippen molar-refractivity contribution in [2.45, 2.75) is 31.7 Å². The van der Waals surface area contributed by atoms with Crippen molar-refractivity contribution in [3.8, 4) is 11.1 Å². The summed E-state index contributed by atoms with van der Waals surface area (Å²) < 4.78 is 1.71. The van der Waals surface area contributed by atoms with Gasteiger partial charge in [0.25, 0.3) is 5.91 Å². The molecule has 1 fully saturated rings. The Morgan fingerprint density at radius 3 is 2.71 bits per heavy atom. The van der Waals surface area contributed by atoms with E-state index < -0.39 is 0 Å². The summed E-state index contributed by atoms with van der Waals surface area (Å²) in [5.41, 5.74) is 4.19. The van der Waals surface area contributed by atoms with Crippen LogP contribution in [-0.2, 0) is 6.42 Å². The van der Waals surface area contributed by atoms with Gasteiger partial charge in [0, 0.05) is 29.4 Å². The molecule has 174 valence electrons. The van der Waals surface area contributed by atoms with Crippen LogP contribution in [0.5, 0.6) is 0 Å². The standard InChI is InChI=1S/C27H28ClN5O/c28-22-10-4-9-21(18-22)24-19-30-33-17-13-25(31-26(24)33)27(34)32(23-11-14-29-15-12-23)16-5-8-20-6-2-1-3-7-20/h1-4,6-7,9-10,13,17-19,23,29H,5,8,11-12,14-16H2. The number of aryl methyl sites for hydroxylation is 1. The zero-order chi connectivity index (χ0) is 23.3. The van der Waals surface area contributed by atoms with Gasteiger partial charge < -0.3 is 10.2 Å². The number of fused-ring (bicyclic) bond motifs is 1. The molecule has 6 nitrogen and oxygen atoms in total. The van der Waals surface area contributed by atoms with Gasteiger partial charge >= 0.3 is 0 Å². The largest absolute Gasteiger partial charge is 0.334 e. The molecule has 4 aromatic rings. The summed E-state index contributed by atoms with van der Waals surface area (Å²) in [6.07, 6.45) is 7.37. The van der Waals surface area contributed by atoms with Crippen LogP contribution in [0, 0.1) is 0 Å². The molecular formula is C27H28ClN5O. The molecule has 2 aromatic carbocycles. The highest BCUT2D eigenvalue weighted by molar-refractivity contribution is 6.30. The lowest BCUT2D eigenvalue weighted by Gasteiger charge is -2.34. The number of hydrogen-bond acceptors (Lipinski definition) is 4. The first-order valence-corrected chi connectivity index (χ1v) is 12.2. The van der Waals surface area contributed by atoms with Gasteiger partial charge in [-0.05, 0) is 68.1 Å². The van der Waals surface area contributed by atoms with Crippen LogP contribution in [0.4, 0.5) is 0 Å². The molecule has 7 heteroatoms. The second kappa shape index (κ2) is 10.4. The minimum Gasteiger partial charge on any atom is -0.334 e. The molecule has 0 bridgehead atoms. The number of nitrogens with zero attached hydrogens (tertiary/aromatic N) is 4. The van der Waals surface area contributed by atoms with Crippen LogP contribution in [-0.4, -0.2) is 51.1 Å². The molecule has 0 unspecified atom stereocenters. The maximum atomic E-state index is 13.7. The van der Waals surface area contributed by atoms with Gasteiger partial charge in [-0.2, -0.15) is 5.10 Å². The molecule has 5 rings (SSSR count). The van der Waals surface area contributed by atoms with E-state index in [0.29, 0.717) is 22.9 Å². The molecule has 0 spiro atoms. The minimum atomic E-state index is -0.0132. The Bertz CT molecular complexity index is 1270. The summed E-state index contributed by atoms with van der Waals surface area (Å²) in [5, 5.41) is 8.48. The first-order chi connectivity index (χ1) is 16.7. The number of carbonyl (C=O) groups excluding carboxylic acids is 1. The van der Waals surface area contributed by atoms with E-state index in [1.165, 1.54) is 5.56 Å². The number of piperidine rings is 1. The number of aromatic nitrogens is 3. The third kappa shape index (κ3) is 4.98. The van der Waals surface area contributed by atoms with Crippen molar-refractivity contribution in [3.05, 3.63) is 89.3 Å². The lowest BCUT2D eigenvalue weighted by molar-refractivity contribution is 0.0634. The fourth-order valence-electron chi connectivity index (χ4n) is 4.66. The van der Waals surface area contributed by atoms with Crippen molar-refractivity contribution in [1.82, 2.24) is 24.8 Å². The molecule has 0 atom stereocenters. The van der Waals surface area contributed by atoms with Gasteiger partial charge in [-0.1, -0.05) is 54.1 Å². The topological polar surface area (TPSA) is 62.5 Å². The average molecular weight is 474 g/mol. The van der Waals surface area contributed by atoms with E-state index in [-0.39, 0.29) is 11.9 Å². The van der Waals surface area contributed by atoms with Crippen LogP contribution < -0.4 is 5.32 Å². The number of halogens is 1. The number of carbonyl (C=O) groups is 1. The smallest absolute Gasteiger partial charge is 0.272 e. The van der Waals surface area contributed by atoms with Gasteiger partial charge in [-0.15, -0.1) is 0 Å². The fraction of sp³-hybridized carbons (Fsp3) is 0.296. The molecule has 34 heavy (non-hydrogen) atoms. The number of benzene rings is 2. The third-order valence-electron chi connectivity index (χ3n) is 6.44. The van der Waals surface area contributed by atoms with Crippen LogP contribution >= 0.6 is 11.6 Å². The van der Waals surface area contributed by atoms with Crippen LogP contribution in [0.2, 0.25) is 5.02 Å². The Morgan fingerprint density at radius 2 is 1.91 bits per heavy atom. The predicted octanol–water partition coefficient (Wildman–Crippen LogP) is 4.88. The number of hydrogen-bond donors (Lipinski definition) is 1. The third-order valence-corrected chi connectivity index (χ3v) is 6.68. The van der Waals surface area contributed by atoms with E-state index in [2.05, 4.69) is 34.7 Å². The van der Waals surface area contributed by atoms with Crippen molar-refractivity contribution >= 4 is 23.2 Å². The van der Waals surface area contributed by atoms with Gasteiger partial charge in [0.05, 0.1) is 6.20 Å². The maximum Gasteiger partial charge on any atom is 0.272 e. The van der Waals surface area contributed by atoms with Gasteiger partial charge in [-0.3, -0.25) is 4.79 Å². The SMILES string of the molecule is O=C(c1ccn2ncc(-c3cccc(Cl)c3)c2n1)N(CCCc1ccccc1)C1CCNCC1. The number of rotatable bonds is 7. The van der Waals surface area contributed by atoms with Gasteiger partial charge in [0.2, 0.25) is 0 Å². The predicted molar refractivity (Wildman–Crippen MR) is 135 cm³/mol. The Morgan fingerprint density at radius 1 is 1.09 bits per heavy atom. The van der Waals surface area contributed by atoms with Crippen LogP contribution in [0.15, 0.2) is 73.1 Å². The minimum absolute atomic E-state index is 0.0132. The Labute approximate surface area is 204 Å². The van der Waals surface area contributed by atoms with E-state index in [4.69, 9.17) is 16.6 Å². The first-order valence-electron chi connectivity index (χ1n) is 11.8. The van der Waals surface area contributed by atoms with E-state index in [1.807, 2.05) is 41.4 Å². The zero-order valence-corrected chi connectivity index (χ0v) is 19.8. The van der Waals surface area contributed by atoms with Crippen LogP contribution in [0.25, 0.3) is 16.8 Å². The van der Waals surface area contributed by atoms with Gasteiger partial charge in [-0.25, -0.2) is 9.50 Å². The molecule has 0 saturated carbocycles. The van der Waals surface area contributed by atoms with Crippen molar-refractivity contribution in [2.75, 3.05) is 19.6 Å². The molecule has 2 aromatic heterocycles. The molecule has 1 aliphatic heterocycles. The average Bonchev–Trinajstić information content (AvgIpc) is 3.31. The summed E-state index contributed by atoms with van der Waals surface area (Å²) in [4.78, 5) is 20.6. The van der Waals surface area contributed by atoms with Crippen LogP contribution in [0.1, 0.15) is 35.3 Å². The summed E-state index contributed by atoms with van der Waals surface area (Å²) >= 11 is 6.20. The Kier molecular flexibility index (Phi) is 6.88. The highest BCUT2D eigenvalue weighted by Gasteiger charge is 2.27. The molecule has 1 amide bonds. The van der Waals surface area contributed by atoms with Crippen molar-refractivity contribution < 1.29 is 4.79 Å².